The quantitative estimate of drug-likeness (QED) is 0.583. The van der Waals surface area contributed by atoms with Crippen LogP contribution in [0.15, 0.2) is 54.6 Å². The highest BCUT2D eigenvalue weighted by Gasteiger charge is 2.28. The molecule has 0 unspecified atom stereocenters. The lowest BCUT2D eigenvalue weighted by Crippen LogP contribution is -2.53. The van der Waals surface area contributed by atoms with Gasteiger partial charge in [0, 0.05) is 32.8 Å². The molecule has 0 aliphatic carbocycles. The van der Waals surface area contributed by atoms with E-state index in [0.29, 0.717) is 12.6 Å². The maximum Gasteiger partial charge on any atom is 0.123 e. The second-order valence-electron chi connectivity index (χ2n) is 6.99. The normalized spacial score (nSPS) is 19.1. The number of methoxy groups -OCH3 is 1. The van der Waals surface area contributed by atoms with Crippen molar-refractivity contribution in [1.82, 2.24) is 10.2 Å². The summed E-state index contributed by atoms with van der Waals surface area (Å²) in [4.78, 5) is 2.43. The van der Waals surface area contributed by atoms with Crippen LogP contribution in [0.2, 0.25) is 0 Å². The predicted octanol–water partition coefficient (Wildman–Crippen LogP) is 4.32. The molecule has 2 aromatic rings. The average Bonchev–Trinajstić information content (AvgIpc) is 2.72. The Bertz CT molecular complexity index is 676. The molecule has 0 bridgehead atoms. The first-order valence-electron chi connectivity index (χ1n) is 9.65. The predicted molar refractivity (Wildman–Crippen MR) is 120 cm³/mol. The Kier molecular flexibility index (Phi) is 12.2. The van der Waals surface area contributed by atoms with Gasteiger partial charge < -0.3 is 19.7 Å². The molecule has 1 saturated heterocycles. The Morgan fingerprint density at radius 2 is 1.79 bits per heavy atom. The van der Waals surface area contributed by atoms with Gasteiger partial charge in [-0.2, -0.15) is 0 Å². The number of piperidine rings is 1. The number of likely N-dealkylation sites (tertiary alicyclic amines) is 1. The summed E-state index contributed by atoms with van der Waals surface area (Å²) in [6.07, 6.45) is 2.21. The van der Waals surface area contributed by atoms with Crippen molar-refractivity contribution >= 4 is 24.8 Å². The van der Waals surface area contributed by atoms with Crippen LogP contribution >= 0.6 is 24.8 Å². The number of nitrogens with zero attached hydrogens (tertiary/aromatic N) is 1. The minimum atomic E-state index is -0.239. The summed E-state index contributed by atoms with van der Waals surface area (Å²) in [5.41, 5.74) is 1.30. The van der Waals surface area contributed by atoms with Gasteiger partial charge in [-0.25, -0.2) is 4.39 Å². The first-order chi connectivity index (χ1) is 13.2. The fraction of sp³-hybridized carbons (Fsp3) is 0.455. The molecule has 7 heteroatoms. The van der Waals surface area contributed by atoms with Crippen LogP contribution in [-0.4, -0.2) is 50.4 Å². The molecule has 0 amide bonds. The van der Waals surface area contributed by atoms with Crippen LogP contribution in [0, 0.1) is 5.82 Å². The summed E-state index contributed by atoms with van der Waals surface area (Å²) in [6.45, 7) is 4.47. The van der Waals surface area contributed by atoms with Crippen molar-refractivity contribution in [2.45, 2.75) is 31.5 Å². The fourth-order valence-corrected chi connectivity index (χ4v) is 3.51. The van der Waals surface area contributed by atoms with Crippen molar-refractivity contribution in [3.05, 3.63) is 66.0 Å². The molecule has 2 atom stereocenters. The van der Waals surface area contributed by atoms with Crippen molar-refractivity contribution in [3.8, 4) is 5.75 Å². The largest absolute Gasteiger partial charge is 0.494 e. The van der Waals surface area contributed by atoms with E-state index in [-0.39, 0.29) is 36.7 Å². The second-order valence-corrected chi connectivity index (χ2v) is 6.99. The summed E-state index contributed by atoms with van der Waals surface area (Å²) in [6, 6.07) is 17.0. The van der Waals surface area contributed by atoms with E-state index in [2.05, 4.69) is 34.5 Å². The van der Waals surface area contributed by atoms with Crippen LogP contribution in [0.3, 0.4) is 0 Å². The third-order valence-corrected chi connectivity index (χ3v) is 5.06. The molecule has 2 aromatic carbocycles. The molecule has 0 radical (unpaired) electrons. The Hall–Kier alpha value is -1.37. The van der Waals surface area contributed by atoms with E-state index in [9.17, 15) is 4.39 Å². The lowest BCUT2D eigenvalue weighted by molar-refractivity contribution is 0.00422. The van der Waals surface area contributed by atoms with Crippen LogP contribution in [-0.2, 0) is 11.3 Å². The first kappa shape index (κ1) is 25.7. The molecule has 162 valence electrons. The Morgan fingerprint density at radius 3 is 2.48 bits per heavy atom. The molecule has 1 heterocycles. The topological polar surface area (TPSA) is 33.7 Å². The molecule has 1 aliphatic rings. The molecule has 3 rings (SSSR count). The highest BCUT2D eigenvalue weighted by Crippen LogP contribution is 2.16. The highest BCUT2D eigenvalue weighted by atomic mass is 35.5. The van der Waals surface area contributed by atoms with Crippen LogP contribution in [0.25, 0.3) is 0 Å². The lowest BCUT2D eigenvalue weighted by atomic mass is 10.0. The van der Waals surface area contributed by atoms with Crippen molar-refractivity contribution in [3.63, 3.8) is 0 Å². The van der Waals surface area contributed by atoms with Crippen molar-refractivity contribution in [2.24, 2.45) is 0 Å². The van der Waals surface area contributed by atoms with Crippen molar-refractivity contribution < 1.29 is 13.9 Å². The molecular formula is C22H31Cl2FN2O2. The van der Waals surface area contributed by atoms with E-state index >= 15 is 0 Å². The van der Waals surface area contributed by atoms with Crippen molar-refractivity contribution in [2.75, 3.05) is 33.4 Å². The fourth-order valence-electron chi connectivity index (χ4n) is 3.51. The van der Waals surface area contributed by atoms with Gasteiger partial charge >= 0.3 is 0 Å². The maximum atomic E-state index is 12.9. The van der Waals surface area contributed by atoms with E-state index < -0.39 is 0 Å². The minimum absolute atomic E-state index is 0. The molecule has 0 spiro atoms. The van der Waals surface area contributed by atoms with Gasteiger partial charge in [0.25, 0.3) is 0 Å². The molecule has 1 fully saturated rings. The number of hydrogen-bond donors (Lipinski definition) is 1. The van der Waals surface area contributed by atoms with E-state index in [1.807, 2.05) is 6.07 Å². The summed E-state index contributed by atoms with van der Waals surface area (Å²) in [5.74, 6) is 0.478. The molecule has 0 saturated carbocycles. The van der Waals surface area contributed by atoms with Crippen LogP contribution < -0.4 is 10.1 Å². The molecule has 4 nitrogen and oxygen atoms in total. The molecule has 1 aliphatic heterocycles. The van der Waals surface area contributed by atoms with Crippen LogP contribution in [0.1, 0.15) is 18.4 Å². The van der Waals surface area contributed by atoms with Crippen molar-refractivity contribution in [1.29, 1.82) is 0 Å². The first-order valence-corrected chi connectivity index (χ1v) is 9.65. The average molecular weight is 445 g/mol. The standard InChI is InChI=1S/C22H29FN2O2.2ClH/c1-26-22-17-25(13-5-15-27-20-10-8-19(23)9-11-20)14-12-21(22)24-16-18-6-3-2-4-7-18;;/h2-4,6-11,21-22,24H,5,12-17H2,1H3;2*1H/t21-,22+;;/m1../s1. The number of rotatable bonds is 9. The summed E-state index contributed by atoms with van der Waals surface area (Å²) in [7, 11) is 1.79. The van der Waals surface area contributed by atoms with E-state index in [0.717, 1.165) is 44.8 Å². The molecule has 1 N–H and O–H groups in total. The van der Waals surface area contributed by atoms with Gasteiger partial charge in [-0.05, 0) is 49.2 Å². The van der Waals surface area contributed by atoms with Gasteiger partial charge in [-0.15, -0.1) is 24.8 Å². The van der Waals surface area contributed by atoms with Gasteiger partial charge in [0.2, 0.25) is 0 Å². The zero-order chi connectivity index (χ0) is 18.9. The molecule has 0 aromatic heterocycles. The van der Waals surface area contributed by atoms with Gasteiger partial charge in [-0.1, -0.05) is 30.3 Å². The smallest absolute Gasteiger partial charge is 0.123 e. The van der Waals surface area contributed by atoms with Gasteiger partial charge in [0.15, 0.2) is 0 Å². The lowest BCUT2D eigenvalue weighted by Gasteiger charge is -2.38. The molecule has 29 heavy (non-hydrogen) atoms. The SMILES string of the molecule is CO[C@H]1CN(CCCOc2ccc(F)cc2)CC[C@H]1NCc1ccccc1.Cl.Cl. The Labute approximate surface area is 185 Å². The number of ether oxygens (including phenoxy) is 2. The van der Waals surface area contributed by atoms with Crippen LogP contribution in [0.5, 0.6) is 5.75 Å². The minimum Gasteiger partial charge on any atom is -0.494 e. The Balaban J connectivity index is 0.00000210. The van der Waals surface area contributed by atoms with Gasteiger partial charge in [-0.3, -0.25) is 0 Å². The third kappa shape index (κ3) is 8.49. The summed E-state index contributed by atoms with van der Waals surface area (Å²) < 4.78 is 24.3. The highest BCUT2D eigenvalue weighted by molar-refractivity contribution is 5.85. The zero-order valence-corrected chi connectivity index (χ0v) is 18.4. The Morgan fingerprint density at radius 1 is 1.07 bits per heavy atom. The van der Waals surface area contributed by atoms with E-state index in [1.54, 1.807) is 19.2 Å². The van der Waals surface area contributed by atoms with E-state index in [4.69, 9.17) is 9.47 Å². The number of halogens is 3. The van der Waals surface area contributed by atoms with Crippen LogP contribution in [0.4, 0.5) is 4.39 Å². The number of nitrogens with one attached hydrogen (secondary N) is 1. The molecular weight excluding hydrogens is 414 g/mol. The second kappa shape index (κ2) is 13.8. The van der Waals surface area contributed by atoms with Gasteiger partial charge in [0.05, 0.1) is 12.7 Å². The third-order valence-electron chi connectivity index (χ3n) is 5.06. The summed E-state index contributed by atoms with van der Waals surface area (Å²) in [5, 5.41) is 3.65. The van der Waals surface area contributed by atoms with E-state index in [1.165, 1.54) is 17.7 Å². The van der Waals surface area contributed by atoms with Gasteiger partial charge in [0.1, 0.15) is 11.6 Å². The monoisotopic (exact) mass is 444 g/mol. The number of benzene rings is 2. The zero-order valence-electron chi connectivity index (χ0n) is 16.8. The number of hydrogen-bond acceptors (Lipinski definition) is 4. The summed E-state index contributed by atoms with van der Waals surface area (Å²) >= 11 is 0. The maximum absolute atomic E-state index is 12.9.